The van der Waals surface area contributed by atoms with Crippen LogP contribution in [0.5, 0.6) is 0 Å². The summed E-state index contributed by atoms with van der Waals surface area (Å²) in [6.45, 7) is 0. The lowest BCUT2D eigenvalue weighted by atomic mass is 10.3. The summed E-state index contributed by atoms with van der Waals surface area (Å²) in [5, 5.41) is 0. The van der Waals surface area contributed by atoms with Crippen molar-refractivity contribution in [2.75, 3.05) is 11.0 Å². The molecule has 0 saturated heterocycles. The molecule has 10 heteroatoms. The first kappa shape index (κ1) is 14.5. The normalized spacial score (nSPS) is 12.3. The number of sulfonamides is 1. The smallest absolute Gasteiger partial charge is 0.267 e. The summed E-state index contributed by atoms with van der Waals surface area (Å²) in [5.74, 6) is -1.16. The summed E-state index contributed by atoms with van der Waals surface area (Å²) in [5.41, 5.74) is 0. The van der Waals surface area contributed by atoms with Crippen molar-refractivity contribution in [1.29, 1.82) is 0 Å². The highest BCUT2D eigenvalue weighted by molar-refractivity contribution is 7.93. The topological polar surface area (TPSA) is 109 Å². The van der Waals surface area contributed by atoms with Gasteiger partial charge in [0.1, 0.15) is 10.7 Å². The van der Waals surface area contributed by atoms with Crippen molar-refractivity contribution < 1.29 is 21.2 Å². The molecule has 20 heavy (non-hydrogen) atoms. The Hall–Kier alpha value is -1.94. The number of hydrogen-bond donors (Lipinski definition) is 2. The average Bonchev–Trinajstić information content (AvgIpc) is 2.79. The van der Waals surface area contributed by atoms with Crippen molar-refractivity contribution in [2.45, 2.75) is 9.79 Å². The first-order valence-corrected chi connectivity index (χ1v) is 8.59. The number of rotatable bonds is 4. The number of halogens is 1. The predicted molar refractivity (Wildman–Crippen MR) is 68.9 cm³/mol. The quantitative estimate of drug-likeness (QED) is 0.808. The molecular weight excluding hydrogens is 309 g/mol. The molecular formula is C10H10FN3O4S2. The van der Waals surface area contributed by atoms with Gasteiger partial charge in [-0.1, -0.05) is 0 Å². The van der Waals surface area contributed by atoms with Crippen molar-refractivity contribution >= 4 is 25.8 Å². The van der Waals surface area contributed by atoms with Crippen LogP contribution >= 0.6 is 0 Å². The van der Waals surface area contributed by atoms with E-state index in [1.807, 2.05) is 4.72 Å². The SMILES string of the molecule is CS(=O)(=O)c1ccc(F)c(S(=O)(=O)Nc2ncc[nH]2)c1. The van der Waals surface area contributed by atoms with Crippen LogP contribution in [0.1, 0.15) is 0 Å². The maximum absolute atomic E-state index is 13.6. The Morgan fingerprint density at radius 2 is 1.95 bits per heavy atom. The van der Waals surface area contributed by atoms with Crippen LogP contribution in [0.4, 0.5) is 10.3 Å². The first-order chi connectivity index (χ1) is 9.20. The van der Waals surface area contributed by atoms with Gasteiger partial charge >= 0.3 is 0 Å². The Morgan fingerprint density at radius 1 is 1.25 bits per heavy atom. The molecule has 0 radical (unpaired) electrons. The highest BCUT2D eigenvalue weighted by atomic mass is 32.2. The summed E-state index contributed by atoms with van der Waals surface area (Å²) >= 11 is 0. The van der Waals surface area contributed by atoms with Gasteiger partial charge in [-0.25, -0.2) is 30.9 Å². The number of nitrogens with one attached hydrogen (secondary N) is 2. The molecule has 0 fully saturated rings. The Morgan fingerprint density at radius 3 is 2.50 bits per heavy atom. The summed E-state index contributed by atoms with van der Waals surface area (Å²) < 4.78 is 62.4. The number of aromatic amines is 1. The maximum Gasteiger partial charge on any atom is 0.267 e. The molecule has 0 amide bonds. The van der Waals surface area contributed by atoms with E-state index in [4.69, 9.17) is 0 Å². The zero-order chi connectivity index (χ0) is 15.0. The van der Waals surface area contributed by atoms with Gasteiger partial charge in [-0.3, -0.25) is 0 Å². The zero-order valence-corrected chi connectivity index (χ0v) is 11.8. The number of aromatic nitrogens is 2. The molecule has 1 aromatic heterocycles. The van der Waals surface area contributed by atoms with Gasteiger partial charge in [-0.05, 0) is 18.2 Å². The van der Waals surface area contributed by atoms with Crippen LogP contribution in [-0.2, 0) is 19.9 Å². The molecule has 2 N–H and O–H groups in total. The van der Waals surface area contributed by atoms with Gasteiger partial charge in [0.15, 0.2) is 9.84 Å². The van der Waals surface area contributed by atoms with Crippen LogP contribution in [0.15, 0.2) is 40.4 Å². The molecule has 108 valence electrons. The van der Waals surface area contributed by atoms with Gasteiger partial charge in [-0.2, -0.15) is 0 Å². The second-order valence-corrected chi connectivity index (χ2v) is 7.57. The molecule has 0 aliphatic heterocycles. The van der Waals surface area contributed by atoms with Crippen LogP contribution < -0.4 is 4.72 Å². The molecule has 2 rings (SSSR count). The standard InChI is InChI=1S/C10H10FN3O4S2/c1-19(15,16)7-2-3-8(11)9(6-7)20(17,18)14-10-12-4-5-13-10/h2-6H,1H3,(H2,12,13,14). The minimum absolute atomic E-state index is 0.103. The molecule has 1 heterocycles. The third-order valence-corrected chi connectivity index (χ3v) is 4.81. The second kappa shape index (κ2) is 4.87. The van der Waals surface area contributed by atoms with E-state index in [9.17, 15) is 21.2 Å². The number of benzene rings is 1. The lowest BCUT2D eigenvalue weighted by Gasteiger charge is -2.08. The lowest BCUT2D eigenvalue weighted by molar-refractivity contribution is 0.567. The maximum atomic E-state index is 13.6. The van der Waals surface area contributed by atoms with Crippen molar-refractivity contribution in [1.82, 2.24) is 9.97 Å². The summed E-state index contributed by atoms with van der Waals surface area (Å²) in [6, 6.07) is 2.54. The zero-order valence-electron chi connectivity index (χ0n) is 10.2. The molecule has 0 saturated carbocycles. The molecule has 1 aromatic carbocycles. The van der Waals surface area contributed by atoms with E-state index in [0.29, 0.717) is 0 Å². The third kappa shape index (κ3) is 2.96. The number of H-pyrrole nitrogens is 1. The molecule has 0 spiro atoms. The van der Waals surface area contributed by atoms with E-state index in [1.165, 1.54) is 12.4 Å². The third-order valence-electron chi connectivity index (χ3n) is 2.35. The van der Waals surface area contributed by atoms with Crippen molar-refractivity contribution in [3.05, 3.63) is 36.4 Å². The largest absolute Gasteiger partial charge is 0.330 e. The highest BCUT2D eigenvalue weighted by Crippen LogP contribution is 2.21. The molecule has 0 aliphatic rings. The minimum atomic E-state index is -4.28. The van der Waals surface area contributed by atoms with Crippen molar-refractivity contribution in [3.63, 3.8) is 0 Å². The second-order valence-electron chi connectivity index (χ2n) is 3.91. The number of anilines is 1. The van der Waals surface area contributed by atoms with Gasteiger partial charge in [0, 0.05) is 18.6 Å². The van der Waals surface area contributed by atoms with E-state index in [-0.39, 0.29) is 10.8 Å². The fraction of sp³-hybridized carbons (Fsp3) is 0.100. The fourth-order valence-electron chi connectivity index (χ4n) is 1.42. The fourth-order valence-corrected chi connectivity index (χ4v) is 3.23. The van der Waals surface area contributed by atoms with Gasteiger partial charge in [0.05, 0.1) is 4.90 Å². The molecule has 2 aromatic rings. The Balaban J connectivity index is 2.51. The summed E-state index contributed by atoms with van der Waals surface area (Å²) in [7, 11) is -7.93. The number of imidazole rings is 1. The van der Waals surface area contributed by atoms with Crippen molar-refractivity contribution in [3.8, 4) is 0 Å². The Labute approximate surface area is 114 Å². The van der Waals surface area contributed by atoms with E-state index < -0.39 is 30.6 Å². The van der Waals surface area contributed by atoms with Crippen LogP contribution in [0.25, 0.3) is 0 Å². The van der Waals surface area contributed by atoms with E-state index in [0.717, 1.165) is 24.5 Å². The first-order valence-electron chi connectivity index (χ1n) is 5.22. The molecule has 0 unspecified atom stereocenters. The Kier molecular flexibility index (Phi) is 3.52. The summed E-state index contributed by atoms with van der Waals surface area (Å²) in [4.78, 5) is 5.07. The van der Waals surface area contributed by atoms with Crippen LogP contribution in [0.2, 0.25) is 0 Å². The monoisotopic (exact) mass is 319 g/mol. The van der Waals surface area contributed by atoms with Gasteiger partial charge in [0.2, 0.25) is 5.95 Å². The van der Waals surface area contributed by atoms with E-state index >= 15 is 0 Å². The van der Waals surface area contributed by atoms with E-state index in [2.05, 4.69) is 9.97 Å². The van der Waals surface area contributed by atoms with Crippen LogP contribution in [-0.4, -0.2) is 33.1 Å². The van der Waals surface area contributed by atoms with Gasteiger partial charge in [-0.15, -0.1) is 0 Å². The summed E-state index contributed by atoms with van der Waals surface area (Å²) in [6.07, 6.45) is 3.58. The van der Waals surface area contributed by atoms with Crippen LogP contribution in [0.3, 0.4) is 0 Å². The van der Waals surface area contributed by atoms with Gasteiger partial charge < -0.3 is 4.98 Å². The number of hydrogen-bond acceptors (Lipinski definition) is 5. The number of sulfone groups is 1. The predicted octanol–water partition coefficient (Wildman–Crippen LogP) is 0.753. The lowest BCUT2D eigenvalue weighted by Crippen LogP contribution is -2.16. The average molecular weight is 319 g/mol. The minimum Gasteiger partial charge on any atom is -0.330 e. The van der Waals surface area contributed by atoms with Crippen molar-refractivity contribution in [2.24, 2.45) is 0 Å². The molecule has 0 bridgehead atoms. The number of nitrogens with zero attached hydrogens (tertiary/aromatic N) is 1. The Bertz CT molecular complexity index is 829. The van der Waals surface area contributed by atoms with Gasteiger partial charge in [0.25, 0.3) is 10.0 Å². The highest BCUT2D eigenvalue weighted by Gasteiger charge is 2.22. The molecule has 7 nitrogen and oxygen atoms in total. The van der Waals surface area contributed by atoms with Crippen LogP contribution in [0, 0.1) is 5.82 Å². The molecule has 0 atom stereocenters. The molecule has 0 aliphatic carbocycles. The van der Waals surface area contributed by atoms with E-state index in [1.54, 1.807) is 0 Å².